The van der Waals surface area contributed by atoms with Crippen molar-refractivity contribution < 1.29 is 31.2 Å². The molecular weight excluding hydrogens is 550 g/mol. The molecule has 0 aliphatic carbocycles. The number of carbonyl (C=O) groups is 2. The lowest BCUT2D eigenvalue weighted by Crippen LogP contribution is -2.39. The molecule has 10 heteroatoms. The maximum Gasteiger partial charge on any atom is 0.253 e. The van der Waals surface area contributed by atoms with Crippen molar-refractivity contribution in [1.82, 2.24) is 4.90 Å². The van der Waals surface area contributed by atoms with Gasteiger partial charge >= 0.3 is 0 Å². The van der Waals surface area contributed by atoms with Crippen molar-refractivity contribution >= 4 is 38.4 Å². The largest absolute Gasteiger partial charge is 0.455 e. The molecule has 1 fully saturated rings. The molecule has 5 rings (SSSR count). The van der Waals surface area contributed by atoms with Crippen LogP contribution < -0.4 is 4.31 Å². The van der Waals surface area contributed by atoms with Gasteiger partial charge in [-0.3, -0.25) is 13.9 Å². The van der Waals surface area contributed by atoms with Crippen molar-refractivity contribution in [2.75, 3.05) is 30.7 Å². The predicted molar refractivity (Wildman–Crippen MR) is 154 cm³/mol. The van der Waals surface area contributed by atoms with E-state index in [1.54, 1.807) is 24.0 Å². The maximum atomic E-state index is 13.7. The van der Waals surface area contributed by atoms with Crippen LogP contribution in [0.2, 0.25) is 0 Å². The minimum absolute atomic E-state index is 0.171. The van der Waals surface area contributed by atoms with Gasteiger partial charge in [0.2, 0.25) is 10.0 Å². The van der Waals surface area contributed by atoms with Gasteiger partial charge in [0.25, 0.3) is 5.91 Å². The molecule has 0 N–H and O–H groups in total. The van der Waals surface area contributed by atoms with Crippen molar-refractivity contribution in [3.8, 4) is 11.3 Å². The second-order valence-electron chi connectivity index (χ2n) is 10.3. The number of furan rings is 1. The van der Waals surface area contributed by atoms with Crippen LogP contribution in [0.3, 0.4) is 0 Å². The number of amides is 1. The summed E-state index contributed by atoms with van der Waals surface area (Å²) in [6, 6.07) is 14.4. The number of Topliss-reactive ketones (excluding diaryl/α,β-unsaturated/α-hetero) is 1. The fraction of sp³-hybridized carbons (Fsp3) is 0.290. The Balaban J connectivity index is 1.65. The first-order valence-electron chi connectivity index (χ1n) is 13.4. The van der Waals surface area contributed by atoms with Crippen LogP contribution in [0.1, 0.15) is 58.4 Å². The van der Waals surface area contributed by atoms with E-state index in [1.807, 2.05) is 0 Å². The molecule has 3 aromatic carbocycles. The first-order chi connectivity index (χ1) is 19.5. The number of likely N-dealkylation sites (tertiary alicyclic amines) is 1. The quantitative estimate of drug-likeness (QED) is 0.237. The lowest BCUT2D eigenvalue weighted by molar-refractivity contribution is 0.0707. The van der Waals surface area contributed by atoms with Crippen LogP contribution in [0, 0.1) is 11.6 Å². The number of hydrogen-bond donors (Lipinski definition) is 0. The third kappa shape index (κ3) is 5.61. The number of sulfonamides is 1. The molecule has 0 spiro atoms. The molecular formula is C31H30F2N2O5S. The number of piperidine rings is 1. The predicted octanol–water partition coefficient (Wildman–Crippen LogP) is 6.39. The fourth-order valence-electron chi connectivity index (χ4n) is 5.38. The Morgan fingerprint density at radius 3 is 2.27 bits per heavy atom. The number of rotatable bonds is 7. The molecule has 1 saturated heterocycles. The third-order valence-electron chi connectivity index (χ3n) is 7.62. The van der Waals surface area contributed by atoms with E-state index in [-0.39, 0.29) is 29.8 Å². The summed E-state index contributed by atoms with van der Waals surface area (Å²) in [5.41, 5.74) is 2.61. The number of anilines is 1. The molecule has 7 nitrogen and oxygen atoms in total. The summed E-state index contributed by atoms with van der Waals surface area (Å²) >= 11 is 0. The van der Waals surface area contributed by atoms with Gasteiger partial charge in [0.15, 0.2) is 5.78 Å². The van der Waals surface area contributed by atoms with Gasteiger partial charge in [0.05, 0.1) is 17.5 Å². The van der Waals surface area contributed by atoms with Crippen molar-refractivity contribution in [3.05, 3.63) is 89.0 Å². The van der Waals surface area contributed by atoms with E-state index in [4.69, 9.17) is 4.42 Å². The van der Waals surface area contributed by atoms with Crippen LogP contribution in [0.25, 0.3) is 22.3 Å². The Morgan fingerprint density at radius 1 is 1.02 bits per heavy atom. The number of ketones is 1. The smallest absolute Gasteiger partial charge is 0.253 e. The van der Waals surface area contributed by atoms with Crippen molar-refractivity contribution in [3.63, 3.8) is 0 Å². The molecule has 0 bridgehead atoms. The summed E-state index contributed by atoms with van der Waals surface area (Å²) in [5, 5.41) is 0.527. The highest BCUT2D eigenvalue weighted by molar-refractivity contribution is 7.92. The number of fused-ring (bicyclic) bond motifs is 1. The maximum absolute atomic E-state index is 13.7. The monoisotopic (exact) mass is 580 g/mol. The summed E-state index contributed by atoms with van der Waals surface area (Å²) in [6.07, 6.45) is 2.66. The van der Waals surface area contributed by atoms with Crippen LogP contribution in [-0.4, -0.2) is 51.4 Å². The highest BCUT2D eigenvalue weighted by Gasteiger charge is 2.31. The zero-order valence-corrected chi connectivity index (χ0v) is 23.8. The van der Waals surface area contributed by atoms with E-state index in [9.17, 15) is 26.8 Å². The van der Waals surface area contributed by atoms with E-state index in [0.29, 0.717) is 64.8 Å². The molecule has 1 aliphatic heterocycles. The molecule has 41 heavy (non-hydrogen) atoms. The lowest BCUT2D eigenvalue weighted by atomic mass is 9.87. The first kappa shape index (κ1) is 28.5. The zero-order chi connectivity index (χ0) is 29.5. The van der Waals surface area contributed by atoms with E-state index in [2.05, 4.69) is 0 Å². The molecule has 1 amide bonds. The summed E-state index contributed by atoms with van der Waals surface area (Å²) in [4.78, 5) is 28.2. The van der Waals surface area contributed by atoms with Gasteiger partial charge in [-0.15, -0.1) is 0 Å². The van der Waals surface area contributed by atoms with Gasteiger partial charge in [-0.1, -0.05) is 6.92 Å². The SMILES string of the molecule is CCC(=O)c1c(-c2ccc(F)cc2)oc2cc(N(C)S(C)(=O)=O)c([C@@H]3CCCN(C(=O)c4ccc(F)cc4)C3)cc12. The highest BCUT2D eigenvalue weighted by Crippen LogP contribution is 2.42. The van der Waals surface area contributed by atoms with Gasteiger partial charge in [0.1, 0.15) is 23.0 Å². The standard InChI is InChI=1S/C31H30F2N2O5S/c1-4-27(36)29-25-16-24(21-6-5-15-35(18-21)31(37)20-9-13-23(33)14-10-20)26(34(2)41(3,38)39)17-28(25)40-30(29)19-7-11-22(32)12-8-19/h7-14,16-17,21H,4-6,15,18H2,1-3H3/t21-/m1/s1. The average Bonchev–Trinajstić information content (AvgIpc) is 3.34. The number of halogens is 2. The van der Waals surface area contributed by atoms with Gasteiger partial charge < -0.3 is 9.32 Å². The molecule has 4 aromatic rings. The lowest BCUT2D eigenvalue weighted by Gasteiger charge is -2.35. The molecule has 1 aliphatic rings. The number of hydrogen-bond acceptors (Lipinski definition) is 5. The van der Waals surface area contributed by atoms with Crippen molar-refractivity contribution in [2.24, 2.45) is 0 Å². The topological polar surface area (TPSA) is 87.9 Å². The Hall–Kier alpha value is -4.05. The normalized spacial score (nSPS) is 15.7. The Bertz CT molecular complexity index is 1730. The fourth-order valence-corrected chi connectivity index (χ4v) is 5.89. The minimum atomic E-state index is -3.68. The van der Waals surface area contributed by atoms with E-state index < -0.39 is 21.7 Å². The molecule has 0 radical (unpaired) electrons. The summed E-state index contributed by atoms with van der Waals surface area (Å²) in [5.74, 6) is -1.23. The molecule has 2 heterocycles. The average molecular weight is 581 g/mol. The van der Waals surface area contributed by atoms with Crippen molar-refractivity contribution in [2.45, 2.75) is 32.1 Å². The van der Waals surface area contributed by atoms with Gasteiger partial charge in [-0.25, -0.2) is 17.2 Å². The van der Waals surface area contributed by atoms with E-state index in [1.165, 1.54) is 59.9 Å². The minimum Gasteiger partial charge on any atom is -0.455 e. The molecule has 214 valence electrons. The molecule has 0 saturated carbocycles. The number of carbonyl (C=O) groups excluding carboxylic acids is 2. The Labute approximate surface area is 237 Å². The zero-order valence-electron chi connectivity index (χ0n) is 23.0. The van der Waals surface area contributed by atoms with Gasteiger partial charge in [-0.2, -0.15) is 0 Å². The van der Waals surface area contributed by atoms with Crippen LogP contribution in [0.15, 0.2) is 65.1 Å². The molecule has 1 aromatic heterocycles. The first-order valence-corrected chi connectivity index (χ1v) is 15.2. The highest BCUT2D eigenvalue weighted by atomic mass is 32.2. The van der Waals surface area contributed by atoms with Crippen molar-refractivity contribution in [1.29, 1.82) is 0 Å². The van der Waals surface area contributed by atoms with Crippen LogP contribution in [-0.2, 0) is 10.0 Å². The molecule has 1 atom stereocenters. The van der Waals surface area contributed by atoms with Crippen LogP contribution in [0.5, 0.6) is 0 Å². The van der Waals surface area contributed by atoms with E-state index >= 15 is 0 Å². The number of nitrogens with zero attached hydrogens (tertiary/aromatic N) is 2. The summed E-state index contributed by atoms with van der Waals surface area (Å²) in [6.45, 7) is 2.56. The molecule has 0 unspecified atom stereocenters. The Morgan fingerprint density at radius 2 is 1.66 bits per heavy atom. The summed E-state index contributed by atoms with van der Waals surface area (Å²) < 4.78 is 59.8. The second-order valence-corrected chi connectivity index (χ2v) is 12.3. The van der Waals surface area contributed by atoms with E-state index in [0.717, 1.165) is 6.26 Å². The van der Waals surface area contributed by atoms with Crippen LogP contribution in [0.4, 0.5) is 14.5 Å². The summed E-state index contributed by atoms with van der Waals surface area (Å²) in [7, 11) is -2.23. The van der Waals surface area contributed by atoms with Crippen LogP contribution >= 0.6 is 0 Å². The third-order valence-corrected chi connectivity index (χ3v) is 8.81. The number of benzene rings is 3. The Kier molecular flexibility index (Phi) is 7.70. The van der Waals surface area contributed by atoms with Gasteiger partial charge in [0, 0.05) is 55.1 Å². The van der Waals surface area contributed by atoms with Gasteiger partial charge in [-0.05, 0) is 73.0 Å². The second kappa shape index (κ2) is 11.1.